The molecule has 0 bridgehead atoms. The van der Waals surface area contributed by atoms with Crippen molar-refractivity contribution in [1.29, 1.82) is 0 Å². The van der Waals surface area contributed by atoms with Crippen molar-refractivity contribution in [3.63, 3.8) is 0 Å². The summed E-state index contributed by atoms with van der Waals surface area (Å²) in [5.41, 5.74) is -3.87. The molecule has 0 heterocycles. The number of rotatable bonds is 7. The summed E-state index contributed by atoms with van der Waals surface area (Å²) in [5, 5.41) is 10.2. The highest BCUT2D eigenvalue weighted by molar-refractivity contribution is 7.89. The maximum absolute atomic E-state index is 13.5. The van der Waals surface area contributed by atoms with E-state index in [1.165, 1.54) is 38.5 Å². The molecule has 0 aliphatic rings. The van der Waals surface area contributed by atoms with Crippen LogP contribution in [0.1, 0.15) is 5.56 Å². The Morgan fingerprint density at radius 1 is 1.00 bits per heavy atom. The van der Waals surface area contributed by atoms with Gasteiger partial charge < -0.3 is 14.6 Å². The quantitative estimate of drug-likeness (QED) is 0.739. The number of methoxy groups -OCH3 is 2. The summed E-state index contributed by atoms with van der Waals surface area (Å²) in [6.07, 6.45) is -5.10. The summed E-state index contributed by atoms with van der Waals surface area (Å²) in [6, 6.07) is 9.81. The van der Waals surface area contributed by atoms with E-state index in [0.717, 1.165) is 24.3 Å². The van der Waals surface area contributed by atoms with Crippen LogP contribution in [0.3, 0.4) is 0 Å². The minimum absolute atomic E-state index is 0.0921. The molecule has 0 aliphatic carbocycles. The zero-order valence-electron chi connectivity index (χ0n) is 14.4. The molecule has 2 aromatic carbocycles. The van der Waals surface area contributed by atoms with Gasteiger partial charge in [-0.3, -0.25) is 0 Å². The highest BCUT2D eigenvalue weighted by atomic mass is 32.2. The molecule has 0 radical (unpaired) electrons. The van der Waals surface area contributed by atoms with Gasteiger partial charge in [0.2, 0.25) is 10.0 Å². The Morgan fingerprint density at radius 3 is 2.11 bits per heavy atom. The second-order valence-corrected chi connectivity index (χ2v) is 7.33. The Balaban J connectivity index is 2.34. The highest BCUT2D eigenvalue weighted by Crippen LogP contribution is 2.39. The van der Waals surface area contributed by atoms with Crippen molar-refractivity contribution >= 4 is 10.0 Å². The lowest BCUT2D eigenvalue weighted by atomic mass is 9.93. The number of sulfonamides is 1. The third kappa shape index (κ3) is 4.34. The topological polar surface area (TPSA) is 84.9 Å². The van der Waals surface area contributed by atoms with Crippen LogP contribution in [0.15, 0.2) is 53.4 Å². The number of halogens is 3. The lowest BCUT2D eigenvalue weighted by Crippen LogP contribution is -2.51. The van der Waals surface area contributed by atoms with Gasteiger partial charge in [0, 0.05) is 6.07 Å². The monoisotopic (exact) mass is 405 g/mol. The number of alkyl halides is 3. The van der Waals surface area contributed by atoms with Crippen molar-refractivity contribution < 1.29 is 36.2 Å². The largest absolute Gasteiger partial charge is 0.493 e. The minimum Gasteiger partial charge on any atom is -0.493 e. The maximum atomic E-state index is 13.5. The van der Waals surface area contributed by atoms with Crippen LogP contribution in [0.4, 0.5) is 13.2 Å². The van der Waals surface area contributed by atoms with E-state index in [-0.39, 0.29) is 16.4 Å². The van der Waals surface area contributed by atoms with E-state index in [1.807, 2.05) is 4.72 Å². The highest BCUT2D eigenvalue weighted by Gasteiger charge is 2.55. The van der Waals surface area contributed by atoms with Crippen LogP contribution < -0.4 is 14.2 Å². The Labute approximate surface area is 154 Å². The number of benzene rings is 2. The standard InChI is InChI=1S/C17H18F3NO5S/c1-25-14-9-8-13(10-15(14)26-2)27(23,24)21-11-16(22,17(18,19)20)12-6-4-3-5-7-12/h3-10,21-22H,11H2,1-2H3. The second-order valence-electron chi connectivity index (χ2n) is 5.57. The molecule has 0 saturated carbocycles. The first kappa shape index (κ1) is 21.0. The molecule has 1 unspecified atom stereocenters. The summed E-state index contributed by atoms with van der Waals surface area (Å²) in [7, 11) is -1.72. The summed E-state index contributed by atoms with van der Waals surface area (Å²) in [4.78, 5) is -0.335. The van der Waals surface area contributed by atoms with Crippen molar-refractivity contribution in [2.24, 2.45) is 0 Å². The van der Waals surface area contributed by atoms with E-state index >= 15 is 0 Å². The van der Waals surface area contributed by atoms with Crippen molar-refractivity contribution in [2.45, 2.75) is 16.7 Å². The van der Waals surface area contributed by atoms with E-state index in [2.05, 4.69) is 0 Å². The summed E-state index contributed by atoms with van der Waals surface area (Å²) in [5.74, 6) is 0.349. The molecule has 2 rings (SSSR count). The predicted molar refractivity (Wildman–Crippen MR) is 91.1 cm³/mol. The van der Waals surface area contributed by atoms with Crippen LogP contribution >= 0.6 is 0 Å². The second kappa shape index (κ2) is 7.75. The number of nitrogens with one attached hydrogen (secondary N) is 1. The van der Waals surface area contributed by atoms with Crippen LogP contribution in [0.5, 0.6) is 11.5 Å². The molecular formula is C17H18F3NO5S. The van der Waals surface area contributed by atoms with Gasteiger partial charge in [-0.2, -0.15) is 13.2 Å². The Hall–Kier alpha value is -2.30. The first-order valence-corrected chi connectivity index (χ1v) is 9.10. The summed E-state index contributed by atoms with van der Waals surface area (Å²) in [6.45, 7) is -1.29. The molecular weight excluding hydrogens is 387 g/mol. The van der Waals surface area contributed by atoms with Gasteiger partial charge in [-0.25, -0.2) is 13.1 Å². The lowest BCUT2D eigenvalue weighted by molar-refractivity contribution is -0.263. The van der Waals surface area contributed by atoms with Gasteiger partial charge in [0.05, 0.1) is 25.7 Å². The number of aliphatic hydroxyl groups is 1. The van der Waals surface area contributed by atoms with Gasteiger partial charge in [-0.05, 0) is 17.7 Å². The molecule has 0 amide bonds. The zero-order valence-corrected chi connectivity index (χ0v) is 15.3. The van der Waals surface area contributed by atoms with E-state index in [9.17, 15) is 26.7 Å². The van der Waals surface area contributed by atoms with Crippen molar-refractivity contribution in [3.8, 4) is 11.5 Å². The van der Waals surface area contributed by atoms with Gasteiger partial charge in [0.15, 0.2) is 17.1 Å². The minimum atomic E-state index is -5.10. The Bertz CT molecular complexity index is 887. The van der Waals surface area contributed by atoms with Crippen molar-refractivity contribution in [3.05, 3.63) is 54.1 Å². The van der Waals surface area contributed by atoms with Gasteiger partial charge in [-0.1, -0.05) is 30.3 Å². The van der Waals surface area contributed by atoms with E-state index < -0.39 is 33.9 Å². The van der Waals surface area contributed by atoms with Crippen LogP contribution in [0, 0.1) is 0 Å². The molecule has 1 atom stereocenters. The lowest BCUT2D eigenvalue weighted by Gasteiger charge is -2.31. The molecule has 0 aromatic heterocycles. The Kier molecular flexibility index (Phi) is 6.03. The van der Waals surface area contributed by atoms with Gasteiger partial charge >= 0.3 is 6.18 Å². The van der Waals surface area contributed by atoms with E-state index in [4.69, 9.17) is 9.47 Å². The van der Waals surface area contributed by atoms with Crippen LogP contribution in [0.25, 0.3) is 0 Å². The summed E-state index contributed by atoms with van der Waals surface area (Å²) >= 11 is 0. The van der Waals surface area contributed by atoms with E-state index in [1.54, 1.807) is 0 Å². The molecule has 148 valence electrons. The van der Waals surface area contributed by atoms with Crippen LogP contribution in [0.2, 0.25) is 0 Å². The molecule has 0 spiro atoms. The number of ether oxygens (including phenoxy) is 2. The average molecular weight is 405 g/mol. The van der Waals surface area contributed by atoms with Crippen molar-refractivity contribution in [2.75, 3.05) is 20.8 Å². The fraction of sp³-hybridized carbons (Fsp3) is 0.294. The molecule has 0 aliphatic heterocycles. The van der Waals surface area contributed by atoms with Gasteiger partial charge in [0.1, 0.15) is 0 Å². The third-order valence-electron chi connectivity index (χ3n) is 3.90. The van der Waals surface area contributed by atoms with Gasteiger partial charge in [0.25, 0.3) is 0 Å². The molecule has 27 heavy (non-hydrogen) atoms. The average Bonchev–Trinajstić information content (AvgIpc) is 2.65. The smallest absolute Gasteiger partial charge is 0.422 e. The van der Waals surface area contributed by atoms with Gasteiger partial charge in [-0.15, -0.1) is 0 Å². The maximum Gasteiger partial charge on any atom is 0.422 e. The SMILES string of the molecule is COc1ccc(S(=O)(=O)NCC(O)(c2ccccc2)C(F)(F)F)cc1OC. The molecule has 10 heteroatoms. The number of hydrogen-bond donors (Lipinski definition) is 2. The van der Waals surface area contributed by atoms with E-state index in [0.29, 0.717) is 0 Å². The normalized spacial score (nSPS) is 14.4. The first-order chi connectivity index (χ1) is 12.5. The van der Waals surface area contributed by atoms with Crippen LogP contribution in [-0.4, -0.2) is 40.5 Å². The molecule has 6 nitrogen and oxygen atoms in total. The van der Waals surface area contributed by atoms with Crippen LogP contribution in [-0.2, 0) is 15.6 Å². The summed E-state index contributed by atoms with van der Waals surface area (Å²) < 4.78 is 77.0. The Morgan fingerprint density at radius 2 is 1.59 bits per heavy atom. The fourth-order valence-electron chi connectivity index (χ4n) is 2.35. The molecule has 0 saturated heterocycles. The number of hydrogen-bond acceptors (Lipinski definition) is 5. The third-order valence-corrected chi connectivity index (χ3v) is 5.30. The predicted octanol–water partition coefficient (Wildman–Crippen LogP) is 2.43. The zero-order chi connectivity index (χ0) is 20.3. The molecule has 2 N–H and O–H groups in total. The van der Waals surface area contributed by atoms with Crippen molar-refractivity contribution in [1.82, 2.24) is 4.72 Å². The first-order valence-electron chi connectivity index (χ1n) is 7.61. The molecule has 2 aromatic rings. The molecule has 0 fully saturated rings. The fourth-order valence-corrected chi connectivity index (χ4v) is 3.42.